The molecule has 1 aliphatic rings. The first-order chi connectivity index (χ1) is 7.53. The van der Waals surface area contributed by atoms with Crippen LogP contribution in [0.25, 0.3) is 0 Å². The van der Waals surface area contributed by atoms with Crippen molar-refractivity contribution in [1.29, 1.82) is 0 Å². The van der Waals surface area contributed by atoms with E-state index in [4.69, 9.17) is 9.47 Å². The zero-order valence-electron chi connectivity index (χ0n) is 10.3. The molecule has 0 heterocycles. The molecule has 0 amide bonds. The molecular formula is C13H18O3. The molecule has 0 unspecified atom stereocenters. The molecule has 2 rings (SSSR count). The van der Waals surface area contributed by atoms with Gasteiger partial charge in [-0.25, -0.2) is 0 Å². The molecule has 0 radical (unpaired) electrons. The molecule has 1 N–H and O–H groups in total. The van der Waals surface area contributed by atoms with Crippen LogP contribution in [0.15, 0.2) is 6.07 Å². The number of hydrogen-bond donors (Lipinski definition) is 1. The van der Waals surface area contributed by atoms with E-state index in [0.29, 0.717) is 0 Å². The van der Waals surface area contributed by atoms with Crippen molar-refractivity contribution in [3.05, 3.63) is 22.8 Å². The van der Waals surface area contributed by atoms with E-state index in [1.165, 1.54) is 0 Å². The Morgan fingerprint density at radius 2 is 1.75 bits per heavy atom. The van der Waals surface area contributed by atoms with Gasteiger partial charge in [-0.15, -0.1) is 0 Å². The lowest BCUT2D eigenvalue weighted by atomic mass is 9.98. The van der Waals surface area contributed by atoms with E-state index in [2.05, 4.69) is 0 Å². The summed E-state index contributed by atoms with van der Waals surface area (Å²) in [5.74, 6) is 1.60. The molecule has 0 atom stereocenters. The van der Waals surface area contributed by atoms with Gasteiger partial charge in [-0.1, -0.05) is 0 Å². The van der Waals surface area contributed by atoms with E-state index < -0.39 is 5.60 Å². The monoisotopic (exact) mass is 222 g/mol. The second kappa shape index (κ2) is 3.67. The summed E-state index contributed by atoms with van der Waals surface area (Å²) in [5.41, 5.74) is 2.26. The van der Waals surface area contributed by atoms with Crippen molar-refractivity contribution in [3.8, 4) is 11.5 Å². The number of rotatable bonds is 3. The zero-order valence-corrected chi connectivity index (χ0v) is 10.3. The quantitative estimate of drug-likeness (QED) is 0.852. The Balaban J connectivity index is 2.62. The minimum absolute atomic E-state index is 0.697. The van der Waals surface area contributed by atoms with Crippen molar-refractivity contribution in [3.63, 3.8) is 0 Å². The fourth-order valence-corrected chi connectivity index (χ4v) is 2.07. The van der Waals surface area contributed by atoms with Crippen LogP contribution in [0.5, 0.6) is 11.5 Å². The normalized spacial score (nSPS) is 17.1. The Morgan fingerprint density at radius 1 is 1.12 bits per heavy atom. The van der Waals surface area contributed by atoms with E-state index in [9.17, 15) is 5.11 Å². The van der Waals surface area contributed by atoms with Gasteiger partial charge in [-0.2, -0.15) is 0 Å². The Hall–Kier alpha value is -1.22. The lowest BCUT2D eigenvalue weighted by Crippen LogP contribution is -2.09. The summed E-state index contributed by atoms with van der Waals surface area (Å²) in [7, 11) is 3.29. The Kier molecular flexibility index (Phi) is 2.58. The van der Waals surface area contributed by atoms with Crippen LogP contribution in [0, 0.1) is 13.8 Å². The molecule has 16 heavy (non-hydrogen) atoms. The van der Waals surface area contributed by atoms with Crippen LogP contribution in [-0.2, 0) is 5.60 Å². The van der Waals surface area contributed by atoms with Crippen molar-refractivity contribution in [1.82, 2.24) is 0 Å². The molecule has 0 spiro atoms. The van der Waals surface area contributed by atoms with E-state index in [1.807, 2.05) is 19.9 Å². The van der Waals surface area contributed by atoms with Crippen LogP contribution in [0.3, 0.4) is 0 Å². The maximum Gasteiger partial charge on any atom is 0.128 e. The van der Waals surface area contributed by atoms with Crippen LogP contribution in [0.4, 0.5) is 0 Å². The fraction of sp³-hybridized carbons (Fsp3) is 0.538. The summed E-state index contributed by atoms with van der Waals surface area (Å²) in [6, 6.07) is 1.90. The molecular weight excluding hydrogens is 204 g/mol. The van der Waals surface area contributed by atoms with Gasteiger partial charge in [-0.05, 0) is 43.9 Å². The third-order valence-electron chi connectivity index (χ3n) is 3.44. The summed E-state index contributed by atoms with van der Waals surface area (Å²) >= 11 is 0. The summed E-state index contributed by atoms with van der Waals surface area (Å²) < 4.78 is 10.7. The second-order valence-corrected chi connectivity index (χ2v) is 4.44. The third kappa shape index (κ3) is 1.55. The number of hydrogen-bond acceptors (Lipinski definition) is 3. The summed E-state index contributed by atoms with van der Waals surface area (Å²) in [6.07, 6.45) is 1.60. The predicted molar refractivity (Wildman–Crippen MR) is 62.2 cm³/mol. The number of benzene rings is 1. The van der Waals surface area contributed by atoms with Crippen molar-refractivity contribution >= 4 is 0 Å². The van der Waals surface area contributed by atoms with Gasteiger partial charge in [0.1, 0.15) is 11.5 Å². The standard InChI is InChI=1S/C13H18O3/c1-8-9(2)12(16-4)10(7-11(8)15-3)13(14)5-6-13/h7,14H,5-6H2,1-4H3. The highest BCUT2D eigenvalue weighted by atomic mass is 16.5. The van der Waals surface area contributed by atoms with E-state index >= 15 is 0 Å². The van der Waals surface area contributed by atoms with Crippen LogP contribution >= 0.6 is 0 Å². The lowest BCUT2D eigenvalue weighted by Gasteiger charge is -2.19. The Bertz CT molecular complexity index is 420. The van der Waals surface area contributed by atoms with E-state index in [-0.39, 0.29) is 0 Å². The minimum atomic E-state index is -0.697. The lowest BCUT2D eigenvalue weighted by molar-refractivity contribution is 0.147. The SMILES string of the molecule is COc1cc(C2(O)CC2)c(OC)c(C)c1C. The molecule has 1 aromatic carbocycles. The largest absolute Gasteiger partial charge is 0.496 e. The van der Waals surface area contributed by atoms with Gasteiger partial charge in [0.15, 0.2) is 0 Å². The van der Waals surface area contributed by atoms with Gasteiger partial charge in [0.25, 0.3) is 0 Å². The fourth-order valence-electron chi connectivity index (χ4n) is 2.07. The van der Waals surface area contributed by atoms with Crippen molar-refractivity contribution in [2.45, 2.75) is 32.3 Å². The molecule has 0 saturated heterocycles. The van der Waals surface area contributed by atoms with Gasteiger partial charge >= 0.3 is 0 Å². The average Bonchev–Trinajstić information content (AvgIpc) is 3.01. The molecule has 0 aliphatic heterocycles. The summed E-state index contributed by atoms with van der Waals surface area (Å²) in [6.45, 7) is 3.99. The first-order valence-electron chi connectivity index (χ1n) is 5.48. The van der Waals surface area contributed by atoms with Crippen molar-refractivity contribution < 1.29 is 14.6 Å². The highest BCUT2D eigenvalue weighted by molar-refractivity contribution is 5.55. The second-order valence-electron chi connectivity index (χ2n) is 4.44. The topological polar surface area (TPSA) is 38.7 Å². The molecule has 1 saturated carbocycles. The molecule has 3 heteroatoms. The van der Waals surface area contributed by atoms with Gasteiger partial charge in [0, 0.05) is 5.56 Å². The van der Waals surface area contributed by atoms with Crippen molar-refractivity contribution in [2.75, 3.05) is 14.2 Å². The number of ether oxygens (including phenoxy) is 2. The smallest absolute Gasteiger partial charge is 0.128 e. The maximum atomic E-state index is 10.2. The molecule has 1 aromatic rings. The van der Waals surface area contributed by atoms with Crippen LogP contribution in [0.2, 0.25) is 0 Å². The molecule has 3 nitrogen and oxygen atoms in total. The molecule has 0 bridgehead atoms. The first-order valence-corrected chi connectivity index (χ1v) is 5.48. The maximum absolute atomic E-state index is 10.2. The summed E-state index contributed by atoms with van der Waals surface area (Å²) in [4.78, 5) is 0. The minimum Gasteiger partial charge on any atom is -0.496 e. The molecule has 0 aromatic heterocycles. The molecule has 88 valence electrons. The van der Waals surface area contributed by atoms with E-state index in [1.54, 1.807) is 14.2 Å². The molecule has 1 aliphatic carbocycles. The van der Waals surface area contributed by atoms with Crippen molar-refractivity contribution in [2.24, 2.45) is 0 Å². The Labute approximate surface area is 96.0 Å². The van der Waals surface area contributed by atoms with Gasteiger partial charge in [0.2, 0.25) is 0 Å². The first kappa shape index (κ1) is 11.3. The van der Waals surface area contributed by atoms with E-state index in [0.717, 1.165) is 41.0 Å². The third-order valence-corrected chi connectivity index (χ3v) is 3.44. The van der Waals surface area contributed by atoms with Crippen LogP contribution in [-0.4, -0.2) is 19.3 Å². The summed E-state index contributed by atoms with van der Waals surface area (Å²) in [5, 5.41) is 10.2. The number of aliphatic hydroxyl groups is 1. The van der Waals surface area contributed by atoms with Crippen LogP contribution < -0.4 is 9.47 Å². The van der Waals surface area contributed by atoms with Gasteiger partial charge < -0.3 is 14.6 Å². The molecule has 1 fully saturated rings. The number of methoxy groups -OCH3 is 2. The van der Waals surface area contributed by atoms with Crippen LogP contribution in [0.1, 0.15) is 29.5 Å². The highest BCUT2D eigenvalue weighted by Crippen LogP contribution is 2.51. The average molecular weight is 222 g/mol. The zero-order chi connectivity index (χ0) is 11.9. The Morgan fingerprint density at radius 3 is 2.19 bits per heavy atom. The highest BCUT2D eigenvalue weighted by Gasteiger charge is 2.45. The van der Waals surface area contributed by atoms with Gasteiger partial charge in [0.05, 0.1) is 19.8 Å². The van der Waals surface area contributed by atoms with Gasteiger partial charge in [-0.3, -0.25) is 0 Å². The predicted octanol–water partition coefficient (Wildman–Crippen LogP) is 2.30.